The van der Waals surface area contributed by atoms with E-state index < -0.39 is 11.8 Å². The molecule has 0 spiro atoms. The SMILES string of the molecule is N[C@@H](CO)c1ccc(SC(F)F)cc1. The minimum absolute atomic E-state index is 0.151. The molecule has 3 N–H and O–H groups in total. The summed E-state index contributed by atoms with van der Waals surface area (Å²) in [6.45, 7) is -0.151. The van der Waals surface area contributed by atoms with Gasteiger partial charge in [-0.3, -0.25) is 0 Å². The van der Waals surface area contributed by atoms with Crippen molar-refractivity contribution in [3.63, 3.8) is 0 Å². The maximum atomic E-state index is 11.9. The zero-order chi connectivity index (χ0) is 10.6. The molecule has 2 nitrogen and oxygen atoms in total. The highest BCUT2D eigenvalue weighted by atomic mass is 32.2. The average Bonchev–Trinajstić information content (AvgIpc) is 2.17. The molecule has 78 valence electrons. The Labute approximate surface area is 85.1 Å². The van der Waals surface area contributed by atoms with E-state index in [1.165, 1.54) is 0 Å². The number of aliphatic hydroxyl groups excluding tert-OH is 1. The van der Waals surface area contributed by atoms with E-state index >= 15 is 0 Å². The molecule has 0 saturated carbocycles. The summed E-state index contributed by atoms with van der Waals surface area (Å²) >= 11 is 0.490. The quantitative estimate of drug-likeness (QED) is 0.761. The van der Waals surface area contributed by atoms with E-state index in [9.17, 15) is 8.78 Å². The minimum Gasteiger partial charge on any atom is -0.394 e. The molecule has 1 atom stereocenters. The Balaban J connectivity index is 2.68. The Kier molecular flexibility index (Phi) is 4.31. The molecule has 14 heavy (non-hydrogen) atoms. The Morgan fingerprint density at radius 1 is 1.29 bits per heavy atom. The molecule has 1 aromatic rings. The lowest BCUT2D eigenvalue weighted by molar-refractivity contribution is 0.252. The third-order valence-corrected chi connectivity index (χ3v) is 2.45. The summed E-state index contributed by atoms with van der Waals surface area (Å²) in [5.74, 6) is -2.41. The van der Waals surface area contributed by atoms with Crippen LogP contribution in [0, 0.1) is 0 Å². The molecular weight excluding hydrogens is 208 g/mol. The van der Waals surface area contributed by atoms with Crippen LogP contribution in [0.4, 0.5) is 8.78 Å². The lowest BCUT2D eigenvalue weighted by Gasteiger charge is -2.08. The molecule has 0 aliphatic rings. The van der Waals surface area contributed by atoms with Crippen LogP contribution >= 0.6 is 11.8 Å². The zero-order valence-corrected chi connectivity index (χ0v) is 8.18. The summed E-state index contributed by atoms with van der Waals surface area (Å²) in [6.07, 6.45) is 0. The van der Waals surface area contributed by atoms with Crippen LogP contribution in [0.1, 0.15) is 11.6 Å². The van der Waals surface area contributed by atoms with E-state index in [-0.39, 0.29) is 6.61 Å². The highest BCUT2D eigenvalue weighted by Gasteiger charge is 2.07. The van der Waals surface area contributed by atoms with Crippen molar-refractivity contribution in [2.45, 2.75) is 16.7 Å². The van der Waals surface area contributed by atoms with E-state index in [1.54, 1.807) is 24.3 Å². The third kappa shape index (κ3) is 3.25. The van der Waals surface area contributed by atoms with Crippen molar-refractivity contribution in [1.29, 1.82) is 0 Å². The van der Waals surface area contributed by atoms with Crippen molar-refractivity contribution in [3.05, 3.63) is 29.8 Å². The highest BCUT2D eigenvalue weighted by molar-refractivity contribution is 7.99. The van der Waals surface area contributed by atoms with E-state index in [1.807, 2.05) is 0 Å². The fraction of sp³-hybridized carbons (Fsp3) is 0.333. The molecule has 0 aliphatic heterocycles. The van der Waals surface area contributed by atoms with E-state index in [2.05, 4.69) is 0 Å². The number of rotatable bonds is 4. The number of nitrogens with two attached hydrogens (primary N) is 1. The van der Waals surface area contributed by atoms with Gasteiger partial charge >= 0.3 is 0 Å². The smallest absolute Gasteiger partial charge is 0.288 e. The molecule has 5 heteroatoms. The molecule has 0 radical (unpaired) electrons. The predicted molar refractivity (Wildman–Crippen MR) is 52.3 cm³/mol. The number of benzene rings is 1. The summed E-state index contributed by atoms with van der Waals surface area (Å²) in [5, 5.41) is 8.75. The van der Waals surface area contributed by atoms with Gasteiger partial charge in [-0.2, -0.15) is 8.78 Å². The van der Waals surface area contributed by atoms with Gasteiger partial charge in [0.1, 0.15) is 0 Å². The minimum atomic E-state index is -2.41. The van der Waals surface area contributed by atoms with Crippen molar-refractivity contribution in [3.8, 4) is 0 Å². The van der Waals surface area contributed by atoms with E-state index in [0.717, 1.165) is 5.56 Å². The fourth-order valence-corrected chi connectivity index (χ4v) is 1.50. The van der Waals surface area contributed by atoms with Gasteiger partial charge in [-0.05, 0) is 17.7 Å². The number of halogens is 2. The lowest BCUT2D eigenvalue weighted by Crippen LogP contribution is -2.14. The molecule has 0 amide bonds. The normalized spacial score (nSPS) is 13.2. The van der Waals surface area contributed by atoms with Crippen LogP contribution < -0.4 is 5.73 Å². The number of aliphatic hydroxyl groups is 1. The summed E-state index contributed by atoms with van der Waals surface area (Å²) < 4.78 is 23.9. The standard InChI is InChI=1S/C9H11F2NOS/c10-9(11)14-7-3-1-6(2-4-7)8(12)5-13/h1-4,8-9,13H,5,12H2/t8-/m0/s1. The van der Waals surface area contributed by atoms with Crippen LogP contribution in [0.3, 0.4) is 0 Å². The summed E-state index contributed by atoms with van der Waals surface area (Å²) in [4.78, 5) is 0.494. The van der Waals surface area contributed by atoms with Gasteiger partial charge in [-0.1, -0.05) is 23.9 Å². The fourth-order valence-electron chi connectivity index (χ4n) is 1.00. The Morgan fingerprint density at radius 3 is 2.29 bits per heavy atom. The zero-order valence-electron chi connectivity index (χ0n) is 7.36. The molecule has 0 heterocycles. The molecule has 1 aromatic carbocycles. The highest BCUT2D eigenvalue weighted by Crippen LogP contribution is 2.25. The van der Waals surface area contributed by atoms with Crippen LogP contribution in [0.2, 0.25) is 0 Å². The van der Waals surface area contributed by atoms with E-state index in [0.29, 0.717) is 16.7 Å². The maximum absolute atomic E-state index is 11.9. The molecule has 0 saturated heterocycles. The Morgan fingerprint density at radius 2 is 1.86 bits per heavy atom. The molecule has 0 aliphatic carbocycles. The van der Waals surface area contributed by atoms with Crippen LogP contribution in [-0.4, -0.2) is 17.5 Å². The number of hydrogen-bond donors (Lipinski definition) is 2. The number of alkyl halides is 2. The van der Waals surface area contributed by atoms with Crippen molar-refractivity contribution in [2.24, 2.45) is 5.73 Å². The van der Waals surface area contributed by atoms with Crippen LogP contribution in [0.15, 0.2) is 29.2 Å². The van der Waals surface area contributed by atoms with Gasteiger partial charge in [0.05, 0.1) is 12.6 Å². The van der Waals surface area contributed by atoms with Crippen molar-refractivity contribution in [2.75, 3.05) is 6.61 Å². The van der Waals surface area contributed by atoms with Crippen LogP contribution in [-0.2, 0) is 0 Å². The second-order valence-corrected chi connectivity index (χ2v) is 3.80. The second kappa shape index (κ2) is 5.29. The maximum Gasteiger partial charge on any atom is 0.288 e. The van der Waals surface area contributed by atoms with Gasteiger partial charge in [0, 0.05) is 4.90 Å². The van der Waals surface area contributed by atoms with Crippen LogP contribution in [0.25, 0.3) is 0 Å². The number of thioether (sulfide) groups is 1. The molecule has 0 bridgehead atoms. The first-order valence-electron chi connectivity index (χ1n) is 4.04. The van der Waals surface area contributed by atoms with E-state index in [4.69, 9.17) is 10.8 Å². The lowest BCUT2D eigenvalue weighted by atomic mass is 10.1. The van der Waals surface area contributed by atoms with Crippen molar-refractivity contribution >= 4 is 11.8 Å². The molecule has 0 fully saturated rings. The average molecular weight is 219 g/mol. The second-order valence-electron chi connectivity index (χ2n) is 2.74. The van der Waals surface area contributed by atoms with Crippen molar-refractivity contribution < 1.29 is 13.9 Å². The van der Waals surface area contributed by atoms with Gasteiger partial charge in [-0.25, -0.2) is 0 Å². The van der Waals surface area contributed by atoms with Gasteiger partial charge in [0.2, 0.25) is 0 Å². The predicted octanol–water partition coefficient (Wildman–Crippen LogP) is 1.99. The van der Waals surface area contributed by atoms with Gasteiger partial charge in [-0.15, -0.1) is 0 Å². The largest absolute Gasteiger partial charge is 0.394 e. The number of hydrogen-bond acceptors (Lipinski definition) is 3. The van der Waals surface area contributed by atoms with Crippen molar-refractivity contribution in [1.82, 2.24) is 0 Å². The first-order valence-corrected chi connectivity index (χ1v) is 4.92. The first kappa shape index (κ1) is 11.4. The molecule has 0 aromatic heterocycles. The first-order chi connectivity index (χ1) is 6.63. The molecule has 1 rings (SSSR count). The van der Waals surface area contributed by atoms with Gasteiger partial charge in [0.25, 0.3) is 5.76 Å². The summed E-state index contributed by atoms with van der Waals surface area (Å²) in [5.41, 5.74) is 6.28. The molecular formula is C9H11F2NOS. The third-order valence-electron chi connectivity index (χ3n) is 1.73. The van der Waals surface area contributed by atoms with Gasteiger partial charge < -0.3 is 10.8 Å². The molecule has 0 unspecified atom stereocenters. The topological polar surface area (TPSA) is 46.2 Å². The summed E-state index contributed by atoms with van der Waals surface area (Å²) in [7, 11) is 0. The monoisotopic (exact) mass is 219 g/mol. The van der Waals surface area contributed by atoms with Crippen LogP contribution in [0.5, 0.6) is 0 Å². The summed E-state index contributed by atoms with van der Waals surface area (Å²) in [6, 6.07) is 5.99. The Hall–Kier alpha value is -0.650. The van der Waals surface area contributed by atoms with Gasteiger partial charge in [0.15, 0.2) is 0 Å². The Bertz CT molecular complexity index is 279.